The van der Waals surface area contributed by atoms with Crippen LogP contribution in [0.25, 0.3) is 0 Å². The molecule has 0 fully saturated rings. The van der Waals surface area contributed by atoms with Crippen LogP contribution in [0, 0.1) is 0 Å². The van der Waals surface area contributed by atoms with Crippen molar-refractivity contribution in [2.24, 2.45) is 0 Å². The van der Waals surface area contributed by atoms with Crippen LogP contribution in [-0.4, -0.2) is 42.1 Å². The van der Waals surface area contributed by atoms with Gasteiger partial charge in [-0.2, -0.15) is 0 Å². The first-order valence-electron chi connectivity index (χ1n) is 6.04. The lowest BCUT2D eigenvalue weighted by atomic mass is 10.1. The molecule has 0 radical (unpaired) electrons. The van der Waals surface area contributed by atoms with Crippen LogP contribution in [0.5, 0.6) is 0 Å². The number of hydrogen-bond donors (Lipinski definition) is 1. The Labute approximate surface area is 111 Å². The first-order valence-corrected chi connectivity index (χ1v) is 6.04. The molecule has 2 amide bonds. The number of aromatic carboxylic acids is 1. The van der Waals surface area contributed by atoms with Crippen molar-refractivity contribution >= 4 is 17.7 Å². The van der Waals surface area contributed by atoms with Crippen LogP contribution in [0.15, 0.2) is 30.9 Å². The van der Waals surface area contributed by atoms with Gasteiger partial charge in [-0.25, -0.2) is 9.59 Å². The van der Waals surface area contributed by atoms with Crippen LogP contribution in [0.4, 0.5) is 10.5 Å². The Bertz CT molecular complexity index is 539. The molecule has 1 heterocycles. The zero-order valence-electron chi connectivity index (χ0n) is 10.8. The number of carbonyl (C=O) groups excluding carboxylic acids is 1. The Morgan fingerprint density at radius 1 is 1.53 bits per heavy atom. The van der Waals surface area contributed by atoms with E-state index >= 15 is 0 Å². The lowest BCUT2D eigenvalue weighted by Gasteiger charge is -2.24. The van der Waals surface area contributed by atoms with Gasteiger partial charge in [-0.3, -0.25) is 4.90 Å². The van der Waals surface area contributed by atoms with Crippen molar-refractivity contribution in [1.29, 1.82) is 0 Å². The summed E-state index contributed by atoms with van der Waals surface area (Å²) in [6.07, 6.45) is 2.35. The zero-order valence-corrected chi connectivity index (χ0v) is 10.8. The lowest BCUT2D eigenvalue weighted by molar-refractivity contribution is 0.0697. The summed E-state index contributed by atoms with van der Waals surface area (Å²) in [5.41, 5.74) is 1.96. The molecular weight excluding hydrogens is 244 g/mol. The van der Waals surface area contributed by atoms with Gasteiger partial charge in [-0.15, -0.1) is 6.58 Å². The van der Waals surface area contributed by atoms with Gasteiger partial charge in [0.15, 0.2) is 0 Å². The van der Waals surface area contributed by atoms with Gasteiger partial charge in [0.2, 0.25) is 0 Å². The van der Waals surface area contributed by atoms with Gasteiger partial charge in [0.1, 0.15) is 0 Å². The normalized spacial score (nSPS) is 13.0. The van der Waals surface area contributed by atoms with Crippen LogP contribution in [0.2, 0.25) is 0 Å². The first kappa shape index (κ1) is 13.1. The van der Waals surface area contributed by atoms with Crippen molar-refractivity contribution in [3.63, 3.8) is 0 Å². The van der Waals surface area contributed by atoms with Gasteiger partial charge in [0, 0.05) is 25.8 Å². The number of fused-ring (bicyclic) bond motifs is 1. The van der Waals surface area contributed by atoms with E-state index in [2.05, 4.69) is 6.58 Å². The Morgan fingerprint density at radius 3 is 2.89 bits per heavy atom. The molecule has 100 valence electrons. The molecule has 2 rings (SSSR count). The van der Waals surface area contributed by atoms with E-state index in [1.807, 2.05) is 0 Å². The Hall–Kier alpha value is -2.30. The minimum atomic E-state index is -0.948. The van der Waals surface area contributed by atoms with Crippen LogP contribution in [0.1, 0.15) is 15.9 Å². The molecule has 19 heavy (non-hydrogen) atoms. The van der Waals surface area contributed by atoms with E-state index in [9.17, 15) is 9.59 Å². The van der Waals surface area contributed by atoms with Crippen molar-refractivity contribution in [2.45, 2.75) is 6.42 Å². The van der Waals surface area contributed by atoms with Crippen molar-refractivity contribution < 1.29 is 14.7 Å². The Balaban J connectivity index is 2.25. The molecule has 0 saturated heterocycles. The van der Waals surface area contributed by atoms with Crippen LogP contribution >= 0.6 is 0 Å². The van der Waals surface area contributed by atoms with Gasteiger partial charge >= 0.3 is 12.0 Å². The summed E-state index contributed by atoms with van der Waals surface area (Å²) >= 11 is 0. The summed E-state index contributed by atoms with van der Waals surface area (Å²) in [5, 5.41) is 8.95. The molecule has 0 spiro atoms. The number of urea groups is 1. The van der Waals surface area contributed by atoms with E-state index in [1.165, 1.54) is 6.07 Å². The molecule has 5 nitrogen and oxygen atoms in total. The smallest absolute Gasteiger partial charge is 0.335 e. The largest absolute Gasteiger partial charge is 0.478 e. The van der Waals surface area contributed by atoms with Gasteiger partial charge in [-0.1, -0.05) is 6.08 Å². The highest BCUT2D eigenvalue weighted by Crippen LogP contribution is 2.29. The predicted octanol–water partition coefficient (Wildman–Crippen LogP) is 1.99. The minimum Gasteiger partial charge on any atom is -0.478 e. The molecule has 0 unspecified atom stereocenters. The molecule has 1 aliphatic heterocycles. The van der Waals surface area contributed by atoms with E-state index in [0.29, 0.717) is 19.5 Å². The highest BCUT2D eigenvalue weighted by atomic mass is 16.4. The first-order chi connectivity index (χ1) is 9.04. The minimum absolute atomic E-state index is 0.0956. The van der Waals surface area contributed by atoms with E-state index in [0.717, 1.165) is 11.3 Å². The molecule has 0 saturated carbocycles. The summed E-state index contributed by atoms with van der Waals surface area (Å²) in [7, 11) is 1.72. The molecule has 0 aliphatic carbocycles. The maximum absolute atomic E-state index is 12.2. The number of nitrogens with zero attached hydrogens (tertiary/aromatic N) is 2. The Kier molecular flexibility index (Phi) is 3.55. The summed E-state index contributed by atoms with van der Waals surface area (Å²) in [6, 6.07) is 4.77. The fourth-order valence-corrected chi connectivity index (χ4v) is 2.21. The Morgan fingerprint density at radius 2 is 2.26 bits per heavy atom. The predicted molar refractivity (Wildman–Crippen MR) is 72.7 cm³/mol. The fourth-order valence-electron chi connectivity index (χ4n) is 2.21. The quantitative estimate of drug-likeness (QED) is 0.845. The molecule has 1 aromatic carbocycles. The number of likely N-dealkylation sites (N-methyl/N-ethyl adjacent to an activating group) is 1. The number of rotatable bonds is 3. The lowest BCUT2D eigenvalue weighted by Crippen LogP contribution is -2.40. The molecule has 0 bridgehead atoms. The summed E-state index contributed by atoms with van der Waals surface area (Å²) in [5.74, 6) is -0.948. The standard InChI is InChI=1S/C14H16N2O3/c1-3-7-15(2)14(19)16-8-6-10-9-11(13(17)18)4-5-12(10)16/h3-5,9H,1,6-8H2,2H3,(H,17,18). The molecule has 1 N–H and O–H groups in total. The van der Waals surface area contributed by atoms with Gasteiger partial charge in [-0.05, 0) is 30.2 Å². The topological polar surface area (TPSA) is 60.9 Å². The SMILES string of the molecule is C=CCN(C)C(=O)N1CCc2cc(C(=O)O)ccc21. The third kappa shape index (κ3) is 2.45. The number of benzene rings is 1. The second-order valence-corrected chi connectivity index (χ2v) is 4.50. The molecule has 0 atom stereocenters. The second kappa shape index (κ2) is 5.14. The van der Waals surface area contributed by atoms with Gasteiger partial charge in [0.05, 0.1) is 5.56 Å². The summed E-state index contributed by atoms with van der Waals surface area (Å²) < 4.78 is 0. The average molecular weight is 260 g/mol. The molecule has 1 aliphatic rings. The van der Waals surface area contributed by atoms with Crippen LogP contribution in [0.3, 0.4) is 0 Å². The number of hydrogen-bond acceptors (Lipinski definition) is 2. The summed E-state index contributed by atoms with van der Waals surface area (Å²) in [6.45, 7) is 4.67. The van der Waals surface area contributed by atoms with Crippen molar-refractivity contribution in [1.82, 2.24) is 4.90 Å². The number of carboxylic acid groups (broad SMARTS) is 1. The number of anilines is 1. The maximum Gasteiger partial charge on any atom is 0.335 e. The third-order valence-electron chi connectivity index (χ3n) is 3.18. The van der Waals surface area contributed by atoms with E-state index in [-0.39, 0.29) is 11.6 Å². The van der Waals surface area contributed by atoms with Crippen molar-refractivity contribution in [2.75, 3.05) is 25.0 Å². The number of carboxylic acids is 1. The van der Waals surface area contributed by atoms with Crippen LogP contribution in [-0.2, 0) is 6.42 Å². The van der Waals surface area contributed by atoms with Gasteiger partial charge in [0.25, 0.3) is 0 Å². The highest BCUT2D eigenvalue weighted by Gasteiger charge is 2.27. The van der Waals surface area contributed by atoms with Crippen molar-refractivity contribution in [3.05, 3.63) is 42.0 Å². The van der Waals surface area contributed by atoms with Crippen molar-refractivity contribution in [3.8, 4) is 0 Å². The highest BCUT2D eigenvalue weighted by molar-refractivity contribution is 5.96. The van der Waals surface area contributed by atoms with Crippen LogP contribution < -0.4 is 4.90 Å². The number of carbonyl (C=O) groups is 2. The van der Waals surface area contributed by atoms with E-state index in [1.54, 1.807) is 35.1 Å². The molecule has 1 aromatic rings. The monoisotopic (exact) mass is 260 g/mol. The fraction of sp³-hybridized carbons (Fsp3) is 0.286. The van der Waals surface area contributed by atoms with Gasteiger partial charge < -0.3 is 10.0 Å². The molecule has 5 heteroatoms. The van der Waals surface area contributed by atoms with E-state index < -0.39 is 5.97 Å². The zero-order chi connectivity index (χ0) is 14.0. The summed E-state index contributed by atoms with van der Waals surface area (Å²) in [4.78, 5) is 26.4. The average Bonchev–Trinajstić information content (AvgIpc) is 2.80. The van der Waals surface area contributed by atoms with E-state index in [4.69, 9.17) is 5.11 Å². The molecule has 0 aromatic heterocycles. The second-order valence-electron chi connectivity index (χ2n) is 4.50. The third-order valence-corrected chi connectivity index (χ3v) is 3.18. The molecular formula is C14H16N2O3. The number of amides is 2. The maximum atomic E-state index is 12.2.